The standard InChI is InChI=1S/C18H26N2O2/c1-14(21)19-17-6-8-18(9-7-17)22-11-3-2-10-20-12-15-4-5-16(15)13-20/h6-9,15-16H,2-5,10-13H2,1H3,(H,19,21)/t15-,16+. The molecule has 0 unspecified atom stereocenters. The molecule has 1 saturated heterocycles. The number of likely N-dealkylation sites (tertiary alicyclic amines) is 1. The molecule has 0 spiro atoms. The number of benzene rings is 1. The zero-order valence-electron chi connectivity index (χ0n) is 13.4. The van der Waals surface area contributed by atoms with Crippen molar-refractivity contribution in [1.82, 2.24) is 4.90 Å². The number of nitrogens with zero attached hydrogens (tertiary/aromatic N) is 1. The van der Waals surface area contributed by atoms with Gasteiger partial charge in [-0.25, -0.2) is 0 Å². The number of nitrogens with one attached hydrogen (secondary N) is 1. The fourth-order valence-corrected chi connectivity index (χ4v) is 3.50. The Bertz CT molecular complexity index is 488. The van der Waals surface area contributed by atoms with Gasteiger partial charge >= 0.3 is 0 Å². The molecule has 3 rings (SSSR count). The van der Waals surface area contributed by atoms with Crippen molar-refractivity contribution >= 4 is 11.6 Å². The van der Waals surface area contributed by atoms with Crippen LogP contribution in [-0.4, -0.2) is 37.0 Å². The van der Waals surface area contributed by atoms with Crippen molar-refractivity contribution in [3.05, 3.63) is 24.3 Å². The van der Waals surface area contributed by atoms with E-state index < -0.39 is 0 Å². The normalized spacial score (nSPS) is 23.7. The van der Waals surface area contributed by atoms with Gasteiger partial charge in [0.1, 0.15) is 5.75 Å². The summed E-state index contributed by atoms with van der Waals surface area (Å²) in [4.78, 5) is 13.6. The van der Waals surface area contributed by atoms with Crippen LogP contribution in [0, 0.1) is 11.8 Å². The summed E-state index contributed by atoms with van der Waals surface area (Å²) in [5, 5.41) is 2.75. The molecule has 4 nitrogen and oxygen atoms in total. The lowest BCUT2D eigenvalue weighted by atomic mass is 9.77. The Balaban J connectivity index is 1.29. The Hall–Kier alpha value is -1.55. The summed E-state index contributed by atoms with van der Waals surface area (Å²) < 4.78 is 5.75. The Kier molecular flexibility index (Phi) is 4.98. The van der Waals surface area contributed by atoms with Gasteiger partial charge in [0.05, 0.1) is 6.61 Å². The predicted octanol–water partition coefficient (Wildman–Crippen LogP) is 3.15. The van der Waals surface area contributed by atoms with Crippen LogP contribution in [0.5, 0.6) is 5.75 Å². The number of unbranched alkanes of at least 4 members (excludes halogenated alkanes) is 1. The van der Waals surface area contributed by atoms with Gasteiger partial charge in [-0.05, 0) is 68.3 Å². The van der Waals surface area contributed by atoms with Crippen LogP contribution in [0.25, 0.3) is 0 Å². The molecule has 2 fully saturated rings. The molecular weight excluding hydrogens is 276 g/mol. The van der Waals surface area contributed by atoms with Crippen molar-refractivity contribution < 1.29 is 9.53 Å². The molecule has 1 aliphatic heterocycles. The molecule has 4 heteroatoms. The Labute approximate surface area is 132 Å². The third kappa shape index (κ3) is 4.01. The van der Waals surface area contributed by atoms with Gasteiger partial charge in [-0.2, -0.15) is 0 Å². The molecule has 1 saturated carbocycles. The number of anilines is 1. The van der Waals surface area contributed by atoms with Crippen molar-refractivity contribution in [2.75, 3.05) is 31.6 Å². The monoisotopic (exact) mass is 302 g/mol. The van der Waals surface area contributed by atoms with Crippen LogP contribution in [0.1, 0.15) is 32.6 Å². The maximum Gasteiger partial charge on any atom is 0.221 e. The molecule has 120 valence electrons. The summed E-state index contributed by atoms with van der Waals surface area (Å²) in [6.07, 6.45) is 5.22. The fourth-order valence-electron chi connectivity index (χ4n) is 3.50. The third-order valence-electron chi connectivity index (χ3n) is 4.87. The van der Waals surface area contributed by atoms with Gasteiger partial charge in [0.15, 0.2) is 0 Å². The highest BCUT2D eigenvalue weighted by molar-refractivity contribution is 5.88. The molecule has 1 aromatic rings. The summed E-state index contributed by atoms with van der Waals surface area (Å²) in [5.41, 5.74) is 0.809. The van der Waals surface area contributed by atoms with Gasteiger partial charge in [0.2, 0.25) is 5.91 Å². The highest BCUT2D eigenvalue weighted by Crippen LogP contribution is 2.40. The van der Waals surface area contributed by atoms with E-state index in [0.29, 0.717) is 0 Å². The minimum atomic E-state index is -0.0518. The molecule has 2 aliphatic rings. The van der Waals surface area contributed by atoms with Gasteiger partial charge in [0.25, 0.3) is 0 Å². The first-order valence-electron chi connectivity index (χ1n) is 8.43. The van der Waals surface area contributed by atoms with Crippen LogP contribution >= 0.6 is 0 Å². The quantitative estimate of drug-likeness (QED) is 0.787. The predicted molar refractivity (Wildman–Crippen MR) is 88.1 cm³/mol. The number of carbonyl (C=O) groups excluding carboxylic acids is 1. The van der Waals surface area contributed by atoms with E-state index in [-0.39, 0.29) is 5.91 Å². The van der Waals surface area contributed by atoms with E-state index in [4.69, 9.17) is 4.74 Å². The van der Waals surface area contributed by atoms with Gasteiger partial charge in [-0.3, -0.25) is 4.79 Å². The Morgan fingerprint density at radius 2 is 1.86 bits per heavy atom. The number of carbonyl (C=O) groups is 1. The van der Waals surface area contributed by atoms with E-state index in [1.807, 2.05) is 24.3 Å². The van der Waals surface area contributed by atoms with Crippen LogP contribution in [0.3, 0.4) is 0 Å². The van der Waals surface area contributed by atoms with Crippen LogP contribution < -0.4 is 10.1 Å². The SMILES string of the molecule is CC(=O)Nc1ccc(OCCCCN2C[C@H]3CC[C@H]3C2)cc1. The molecule has 1 aromatic carbocycles. The molecule has 2 atom stereocenters. The second-order valence-electron chi connectivity index (χ2n) is 6.62. The Morgan fingerprint density at radius 1 is 1.18 bits per heavy atom. The maximum atomic E-state index is 10.9. The highest BCUT2D eigenvalue weighted by Gasteiger charge is 2.38. The number of rotatable bonds is 7. The third-order valence-corrected chi connectivity index (χ3v) is 4.87. The number of ether oxygens (including phenoxy) is 1. The second kappa shape index (κ2) is 7.14. The van der Waals surface area contributed by atoms with Gasteiger partial charge in [-0.15, -0.1) is 0 Å². The smallest absolute Gasteiger partial charge is 0.221 e. The zero-order valence-corrected chi connectivity index (χ0v) is 13.4. The lowest BCUT2D eigenvalue weighted by molar-refractivity contribution is -0.114. The first-order valence-corrected chi connectivity index (χ1v) is 8.43. The summed E-state index contributed by atoms with van der Waals surface area (Å²) in [7, 11) is 0. The second-order valence-corrected chi connectivity index (χ2v) is 6.62. The van der Waals surface area contributed by atoms with Crippen molar-refractivity contribution in [3.63, 3.8) is 0 Å². The molecular formula is C18H26N2O2. The summed E-state index contributed by atoms with van der Waals surface area (Å²) in [6.45, 7) is 6.15. The van der Waals surface area contributed by atoms with E-state index in [0.717, 1.165) is 36.3 Å². The first kappa shape index (κ1) is 15.3. The fraction of sp³-hybridized carbons (Fsp3) is 0.611. The van der Waals surface area contributed by atoms with E-state index in [1.54, 1.807) is 0 Å². The van der Waals surface area contributed by atoms with Crippen LogP contribution in [0.2, 0.25) is 0 Å². The van der Waals surface area contributed by atoms with Crippen molar-refractivity contribution in [2.45, 2.75) is 32.6 Å². The highest BCUT2D eigenvalue weighted by atomic mass is 16.5. The van der Waals surface area contributed by atoms with E-state index in [1.165, 1.54) is 45.8 Å². The van der Waals surface area contributed by atoms with Gasteiger partial charge < -0.3 is 15.0 Å². The Morgan fingerprint density at radius 3 is 2.45 bits per heavy atom. The number of fused-ring (bicyclic) bond motifs is 1. The molecule has 0 aromatic heterocycles. The summed E-state index contributed by atoms with van der Waals surface area (Å²) >= 11 is 0. The van der Waals surface area contributed by atoms with Crippen molar-refractivity contribution in [2.24, 2.45) is 11.8 Å². The van der Waals surface area contributed by atoms with Crippen molar-refractivity contribution in [3.8, 4) is 5.75 Å². The molecule has 0 radical (unpaired) electrons. The minimum absolute atomic E-state index is 0.0518. The molecule has 1 N–H and O–H groups in total. The van der Waals surface area contributed by atoms with Gasteiger partial charge in [0, 0.05) is 25.7 Å². The molecule has 22 heavy (non-hydrogen) atoms. The van der Waals surface area contributed by atoms with Crippen LogP contribution in [0.4, 0.5) is 5.69 Å². The number of hydrogen-bond donors (Lipinski definition) is 1. The van der Waals surface area contributed by atoms with Crippen LogP contribution in [0.15, 0.2) is 24.3 Å². The molecule has 0 bridgehead atoms. The summed E-state index contributed by atoms with van der Waals surface area (Å²) in [5.74, 6) is 2.84. The molecule has 1 heterocycles. The minimum Gasteiger partial charge on any atom is -0.494 e. The van der Waals surface area contributed by atoms with Gasteiger partial charge in [-0.1, -0.05) is 0 Å². The first-order chi connectivity index (χ1) is 10.7. The van der Waals surface area contributed by atoms with Crippen LogP contribution in [-0.2, 0) is 4.79 Å². The number of hydrogen-bond acceptors (Lipinski definition) is 3. The van der Waals surface area contributed by atoms with E-state index >= 15 is 0 Å². The topological polar surface area (TPSA) is 41.6 Å². The molecule has 1 amide bonds. The maximum absolute atomic E-state index is 10.9. The van der Waals surface area contributed by atoms with E-state index in [2.05, 4.69) is 10.2 Å². The zero-order chi connectivity index (χ0) is 15.4. The lowest BCUT2D eigenvalue weighted by Crippen LogP contribution is -2.22. The van der Waals surface area contributed by atoms with Crippen molar-refractivity contribution in [1.29, 1.82) is 0 Å². The lowest BCUT2D eigenvalue weighted by Gasteiger charge is -2.28. The van der Waals surface area contributed by atoms with E-state index in [9.17, 15) is 4.79 Å². The average Bonchev–Trinajstić information content (AvgIpc) is 2.75. The number of amides is 1. The molecule has 1 aliphatic carbocycles. The summed E-state index contributed by atoms with van der Waals surface area (Å²) in [6, 6.07) is 7.56. The average molecular weight is 302 g/mol. The largest absolute Gasteiger partial charge is 0.494 e.